The average molecular weight is 344 g/mol. The van der Waals surface area contributed by atoms with Gasteiger partial charge in [0.2, 0.25) is 0 Å². The molecule has 0 atom stereocenters. The van der Waals surface area contributed by atoms with Gasteiger partial charge in [-0.3, -0.25) is 9.59 Å². The van der Waals surface area contributed by atoms with Crippen LogP contribution in [-0.2, 0) is 9.59 Å². The van der Waals surface area contributed by atoms with E-state index in [1.807, 2.05) is 0 Å². The third-order valence-corrected chi connectivity index (χ3v) is 3.01. The normalized spacial score (nSPS) is 10.7. The van der Waals surface area contributed by atoms with Gasteiger partial charge in [-0.15, -0.1) is 0 Å². The molecule has 104 valence electrons. The van der Waals surface area contributed by atoms with Crippen molar-refractivity contribution < 1.29 is 9.59 Å². The van der Waals surface area contributed by atoms with E-state index in [-0.39, 0.29) is 0 Å². The number of benzene rings is 1. The minimum absolute atomic E-state index is 0.443. The van der Waals surface area contributed by atoms with E-state index in [1.165, 1.54) is 4.90 Å². The predicted molar refractivity (Wildman–Crippen MR) is 79.5 cm³/mol. The fraction of sp³-hybridized carbons (Fsp3) is 0.273. The Morgan fingerprint density at radius 1 is 1.05 bits per heavy atom. The molecule has 19 heavy (non-hydrogen) atoms. The van der Waals surface area contributed by atoms with E-state index in [0.717, 1.165) is 0 Å². The first-order valence-corrected chi connectivity index (χ1v) is 6.82. The largest absolute Gasteiger partial charge is 0.324 e. The lowest BCUT2D eigenvalue weighted by molar-refractivity contribution is -0.117. The third kappa shape index (κ3) is 4.73. The van der Waals surface area contributed by atoms with Gasteiger partial charge in [-0.25, -0.2) is 0 Å². The van der Waals surface area contributed by atoms with Gasteiger partial charge in [0.1, 0.15) is 0 Å². The number of anilines is 2. The molecule has 0 unspecified atom stereocenters. The second-order valence-electron chi connectivity index (χ2n) is 3.53. The van der Waals surface area contributed by atoms with E-state index in [1.54, 1.807) is 31.3 Å². The van der Waals surface area contributed by atoms with Gasteiger partial charge in [0, 0.05) is 18.4 Å². The monoisotopic (exact) mass is 342 g/mol. The molecule has 0 fully saturated rings. The Kier molecular flexibility index (Phi) is 6.20. The molecular weight excluding hydrogens is 334 g/mol. The van der Waals surface area contributed by atoms with E-state index in [9.17, 15) is 9.59 Å². The lowest BCUT2D eigenvalue weighted by Gasteiger charge is -2.18. The number of hydrogen-bond donors (Lipinski definition) is 1. The van der Waals surface area contributed by atoms with Crippen LogP contribution < -0.4 is 10.2 Å². The second kappa shape index (κ2) is 7.20. The van der Waals surface area contributed by atoms with Crippen molar-refractivity contribution in [3.05, 3.63) is 24.3 Å². The Morgan fingerprint density at radius 3 is 2.00 bits per heavy atom. The van der Waals surface area contributed by atoms with Crippen molar-refractivity contribution in [3.63, 3.8) is 0 Å². The molecule has 0 aliphatic heterocycles. The smallest absolute Gasteiger partial charge is 0.260 e. The highest BCUT2D eigenvalue weighted by Gasteiger charge is 2.18. The molecule has 1 aromatic carbocycles. The average Bonchev–Trinajstić information content (AvgIpc) is 2.37. The maximum atomic E-state index is 11.6. The number of amides is 2. The molecule has 0 bridgehead atoms. The summed E-state index contributed by atoms with van der Waals surface area (Å²) in [6, 6.07) is 6.46. The number of rotatable bonds is 4. The molecule has 0 saturated heterocycles. The SMILES string of the molecule is CN(C(=O)C(Cl)Cl)c1ccc(NC(=O)C(Cl)Cl)cc1. The summed E-state index contributed by atoms with van der Waals surface area (Å²) in [7, 11) is 1.54. The molecule has 1 N–H and O–H groups in total. The summed E-state index contributed by atoms with van der Waals surface area (Å²) in [6.45, 7) is 0. The first kappa shape index (κ1) is 16.4. The van der Waals surface area contributed by atoms with E-state index >= 15 is 0 Å². The van der Waals surface area contributed by atoms with Gasteiger partial charge in [0.25, 0.3) is 11.8 Å². The van der Waals surface area contributed by atoms with Crippen LogP contribution >= 0.6 is 46.4 Å². The highest BCUT2D eigenvalue weighted by Crippen LogP contribution is 2.20. The summed E-state index contributed by atoms with van der Waals surface area (Å²) < 4.78 is 0. The third-order valence-electron chi connectivity index (χ3n) is 2.24. The number of alkyl halides is 4. The first-order valence-electron chi connectivity index (χ1n) is 5.07. The van der Waals surface area contributed by atoms with Gasteiger partial charge >= 0.3 is 0 Å². The Bertz CT molecular complexity index is 462. The quantitative estimate of drug-likeness (QED) is 0.853. The lowest BCUT2D eigenvalue weighted by Crippen LogP contribution is -2.30. The van der Waals surface area contributed by atoms with Crippen LogP contribution in [0.2, 0.25) is 0 Å². The van der Waals surface area contributed by atoms with Gasteiger partial charge in [-0.2, -0.15) is 0 Å². The number of carbonyl (C=O) groups is 2. The molecular formula is C11H10Cl4N2O2. The molecule has 1 aromatic rings. The molecule has 0 spiro atoms. The van der Waals surface area contributed by atoms with Crippen molar-refractivity contribution in [1.82, 2.24) is 0 Å². The highest BCUT2D eigenvalue weighted by atomic mass is 35.5. The van der Waals surface area contributed by atoms with Crippen LogP contribution in [0.3, 0.4) is 0 Å². The summed E-state index contributed by atoms with van der Waals surface area (Å²) in [5.74, 6) is -0.969. The minimum atomic E-state index is -1.14. The highest BCUT2D eigenvalue weighted by molar-refractivity contribution is 6.55. The predicted octanol–water partition coefficient (Wildman–Crippen LogP) is 3.20. The van der Waals surface area contributed by atoms with Crippen molar-refractivity contribution >= 4 is 69.6 Å². The van der Waals surface area contributed by atoms with E-state index < -0.39 is 21.5 Å². The lowest BCUT2D eigenvalue weighted by atomic mass is 10.2. The number of nitrogens with one attached hydrogen (secondary N) is 1. The molecule has 0 aromatic heterocycles. The van der Waals surface area contributed by atoms with Crippen LogP contribution in [0.25, 0.3) is 0 Å². The Labute approximate surface area is 130 Å². The van der Waals surface area contributed by atoms with Crippen molar-refractivity contribution in [3.8, 4) is 0 Å². The number of nitrogens with zero attached hydrogens (tertiary/aromatic N) is 1. The van der Waals surface area contributed by atoms with Crippen LogP contribution in [0.1, 0.15) is 0 Å². The molecule has 1 rings (SSSR count). The van der Waals surface area contributed by atoms with Crippen molar-refractivity contribution in [2.75, 3.05) is 17.3 Å². The summed E-state index contributed by atoms with van der Waals surface area (Å²) in [5, 5.41) is 2.50. The fourth-order valence-corrected chi connectivity index (χ4v) is 1.64. The molecule has 0 aliphatic rings. The zero-order chi connectivity index (χ0) is 14.6. The van der Waals surface area contributed by atoms with Crippen LogP contribution in [-0.4, -0.2) is 28.5 Å². The Hall–Kier alpha value is -0.680. The molecule has 0 heterocycles. The van der Waals surface area contributed by atoms with Crippen LogP contribution in [0.4, 0.5) is 11.4 Å². The number of hydrogen-bond acceptors (Lipinski definition) is 2. The zero-order valence-corrected chi connectivity index (χ0v) is 12.8. The van der Waals surface area contributed by atoms with Crippen LogP contribution in [0, 0.1) is 0 Å². The molecule has 2 amide bonds. The second-order valence-corrected chi connectivity index (χ2v) is 5.73. The van der Waals surface area contributed by atoms with E-state index in [4.69, 9.17) is 46.4 Å². The molecule has 8 heteroatoms. The summed E-state index contributed by atoms with van der Waals surface area (Å²) in [5.41, 5.74) is 1.09. The summed E-state index contributed by atoms with van der Waals surface area (Å²) in [6.07, 6.45) is 0. The zero-order valence-electron chi connectivity index (χ0n) is 9.74. The molecule has 0 radical (unpaired) electrons. The van der Waals surface area contributed by atoms with Crippen LogP contribution in [0.15, 0.2) is 24.3 Å². The number of carbonyl (C=O) groups excluding carboxylic acids is 2. The Balaban J connectivity index is 2.76. The van der Waals surface area contributed by atoms with Crippen molar-refractivity contribution in [2.45, 2.75) is 9.67 Å². The van der Waals surface area contributed by atoms with Gasteiger partial charge in [-0.1, -0.05) is 46.4 Å². The Morgan fingerprint density at radius 2 is 1.58 bits per heavy atom. The van der Waals surface area contributed by atoms with Crippen molar-refractivity contribution in [1.29, 1.82) is 0 Å². The van der Waals surface area contributed by atoms with Gasteiger partial charge in [0.05, 0.1) is 0 Å². The standard InChI is InChI=1S/C11H10Cl4N2O2/c1-17(11(19)9(14)15)7-4-2-6(3-5-7)16-10(18)8(12)13/h2-5,8-9H,1H3,(H,16,18). The maximum absolute atomic E-state index is 11.6. The van der Waals surface area contributed by atoms with E-state index in [0.29, 0.717) is 11.4 Å². The first-order chi connectivity index (χ1) is 8.82. The molecule has 4 nitrogen and oxygen atoms in total. The summed E-state index contributed by atoms with van der Waals surface area (Å²) >= 11 is 21.8. The topological polar surface area (TPSA) is 49.4 Å². The van der Waals surface area contributed by atoms with Crippen molar-refractivity contribution in [2.24, 2.45) is 0 Å². The van der Waals surface area contributed by atoms with E-state index in [2.05, 4.69) is 5.32 Å². The maximum Gasteiger partial charge on any atom is 0.260 e. The molecule has 0 aliphatic carbocycles. The van der Waals surface area contributed by atoms with Gasteiger partial charge in [-0.05, 0) is 24.3 Å². The number of halogens is 4. The van der Waals surface area contributed by atoms with Gasteiger partial charge < -0.3 is 10.2 Å². The molecule has 0 saturated carbocycles. The summed E-state index contributed by atoms with van der Waals surface area (Å²) in [4.78, 5) is 21.8. The van der Waals surface area contributed by atoms with Gasteiger partial charge in [0.15, 0.2) is 9.67 Å². The van der Waals surface area contributed by atoms with Crippen LogP contribution in [0.5, 0.6) is 0 Å². The fourth-order valence-electron chi connectivity index (χ4n) is 1.24. The minimum Gasteiger partial charge on any atom is -0.324 e.